The molecule has 2 aromatic carbocycles. The average Bonchev–Trinajstić information content (AvgIpc) is 2.47. The van der Waals surface area contributed by atoms with E-state index >= 15 is 0 Å². The van der Waals surface area contributed by atoms with Gasteiger partial charge in [-0.3, -0.25) is 4.98 Å². The maximum Gasteiger partial charge on any atom is 0.0726 e. The third kappa shape index (κ3) is 2.73. The Morgan fingerprint density at radius 1 is 1.00 bits per heavy atom. The molecule has 0 saturated carbocycles. The summed E-state index contributed by atoms with van der Waals surface area (Å²) < 4.78 is 0. The Kier molecular flexibility index (Phi) is 3.59. The molecule has 0 spiro atoms. The van der Waals surface area contributed by atoms with Crippen molar-refractivity contribution < 1.29 is 0 Å². The van der Waals surface area contributed by atoms with Gasteiger partial charge in [0.2, 0.25) is 0 Å². The number of nitrogens with one attached hydrogen (secondary N) is 1. The SMILES string of the molecule is Cc1cc(Nc2ccccc2C(C)N)c2ccccc2n1. The monoisotopic (exact) mass is 277 g/mol. The van der Waals surface area contributed by atoms with Crippen LogP contribution in [-0.2, 0) is 0 Å². The van der Waals surface area contributed by atoms with Gasteiger partial charge in [-0.05, 0) is 37.6 Å². The smallest absolute Gasteiger partial charge is 0.0726 e. The molecule has 3 nitrogen and oxygen atoms in total. The first-order valence-corrected chi connectivity index (χ1v) is 7.13. The summed E-state index contributed by atoms with van der Waals surface area (Å²) in [5.41, 5.74) is 11.3. The number of rotatable bonds is 3. The predicted molar refractivity (Wildman–Crippen MR) is 88.8 cm³/mol. The normalized spacial score (nSPS) is 12.3. The number of hydrogen-bond donors (Lipinski definition) is 2. The van der Waals surface area contributed by atoms with Crippen molar-refractivity contribution in [2.75, 3.05) is 5.32 Å². The first kappa shape index (κ1) is 13.6. The highest BCUT2D eigenvalue weighted by Gasteiger charge is 2.09. The molecule has 3 N–H and O–H groups in total. The van der Waals surface area contributed by atoms with Crippen LogP contribution >= 0.6 is 0 Å². The number of nitrogens with two attached hydrogens (primary N) is 1. The Hall–Kier alpha value is -2.39. The van der Waals surface area contributed by atoms with Gasteiger partial charge in [0.05, 0.1) is 5.52 Å². The number of nitrogens with zero attached hydrogens (tertiary/aromatic N) is 1. The van der Waals surface area contributed by atoms with Crippen LogP contribution in [0, 0.1) is 6.92 Å². The van der Waals surface area contributed by atoms with Crippen molar-refractivity contribution in [2.24, 2.45) is 5.73 Å². The minimum absolute atomic E-state index is 0.0112. The minimum atomic E-state index is -0.0112. The zero-order valence-electron chi connectivity index (χ0n) is 12.3. The molecule has 1 heterocycles. The number of aromatic nitrogens is 1. The molecule has 3 rings (SSSR count). The number of fused-ring (bicyclic) bond motifs is 1. The molecule has 3 aromatic rings. The van der Waals surface area contributed by atoms with Crippen LogP contribution in [-0.4, -0.2) is 4.98 Å². The van der Waals surface area contributed by atoms with E-state index in [0.29, 0.717) is 0 Å². The Bertz CT molecular complexity index is 778. The van der Waals surface area contributed by atoms with Gasteiger partial charge >= 0.3 is 0 Å². The van der Waals surface area contributed by atoms with E-state index < -0.39 is 0 Å². The molecule has 0 aliphatic heterocycles. The van der Waals surface area contributed by atoms with E-state index in [-0.39, 0.29) is 6.04 Å². The maximum atomic E-state index is 6.06. The van der Waals surface area contributed by atoms with Crippen molar-refractivity contribution in [2.45, 2.75) is 19.9 Å². The minimum Gasteiger partial charge on any atom is -0.355 e. The van der Waals surface area contributed by atoms with Gasteiger partial charge in [-0.25, -0.2) is 0 Å². The van der Waals surface area contributed by atoms with Gasteiger partial charge in [0.15, 0.2) is 0 Å². The summed E-state index contributed by atoms with van der Waals surface area (Å²) in [4.78, 5) is 4.57. The summed E-state index contributed by atoms with van der Waals surface area (Å²) in [5, 5.41) is 4.63. The molecule has 21 heavy (non-hydrogen) atoms. The third-order valence-electron chi connectivity index (χ3n) is 3.56. The molecule has 1 unspecified atom stereocenters. The van der Waals surface area contributed by atoms with Crippen molar-refractivity contribution in [3.8, 4) is 0 Å². The topological polar surface area (TPSA) is 50.9 Å². The second-order valence-electron chi connectivity index (χ2n) is 5.33. The number of hydrogen-bond acceptors (Lipinski definition) is 3. The van der Waals surface area contributed by atoms with E-state index in [1.54, 1.807) is 0 Å². The molecule has 0 saturated heterocycles. The van der Waals surface area contributed by atoms with Crippen LogP contribution in [0.3, 0.4) is 0 Å². The van der Waals surface area contributed by atoms with Crippen molar-refractivity contribution in [3.05, 3.63) is 65.9 Å². The van der Waals surface area contributed by atoms with Gasteiger partial charge in [0, 0.05) is 28.5 Å². The number of anilines is 2. The molecule has 0 amide bonds. The Labute approximate surface area is 124 Å². The maximum absolute atomic E-state index is 6.06. The summed E-state index contributed by atoms with van der Waals surface area (Å²) in [6.45, 7) is 4.01. The lowest BCUT2D eigenvalue weighted by atomic mass is 10.1. The zero-order valence-corrected chi connectivity index (χ0v) is 12.3. The summed E-state index contributed by atoms with van der Waals surface area (Å²) in [7, 11) is 0. The molecule has 0 aliphatic rings. The van der Waals surface area contributed by atoms with Crippen LogP contribution in [0.5, 0.6) is 0 Å². The molecular weight excluding hydrogens is 258 g/mol. The lowest BCUT2D eigenvalue weighted by Gasteiger charge is -2.16. The van der Waals surface area contributed by atoms with E-state index in [4.69, 9.17) is 5.73 Å². The predicted octanol–water partition coefficient (Wildman–Crippen LogP) is 4.31. The Morgan fingerprint density at radius 2 is 1.71 bits per heavy atom. The fourth-order valence-corrected chi connectivity index (χ4v) is 2.56. The highest BCUT2D eigenvalue weighted by atomic mass is 14.9. The van der Waals surface area contributed by atoms with Crippen molar-refractivity contribution in [3.63, 3.8) is 0 Å². The van der Waals surface area contributed by atoms with Gasteiger partial charge in [0.1, 0.15) is 0 Å². The fraction of sp³-hybridized carbons (Fsp3) is 0.167. The summed E-state index contributed by atoms with van der Waals surface area (Å²) in [6.07, 6.45) is 0. The van der Waals surface area contributed by atoms with Crippen LogP contribution in [0.4, 0.5) is 11.4 Å². The first-order valence-electron chi connectivity index (χ1n) is 7.13. The molecule has 3 heteroatoms. The number of para-hydroxylation sites is 2. The highest BCUT2D eigenvalue weighted by Crippen LogP contribution is 2.29. The Morgan fingerprint density at radius 3 is 2.52 bits per heavy atom. The lowest BCUT2D eigenvalue weighted by molar-refractivity contribution is 0.820. The van der Waals surface area contributed by atoms with E-state index in [9.17, 15) is 0 Å². The first-order chi connectivity index (χ1) is 10.1. The molecule has 0 aliphatic carbocycles. The molecule has 106 valence electrons. The molecule has 0 bridgehead atoms. The quantitative estimate of drug-likeness (QED) is 0.750. The van der Waals surface area contributed by atoms with Crippen LogP contribution in [0.15, 0.2) is 54.6 Å². The lowest BCUT2D eigenvalue weighted by Crippen LogP contribution is -2.08. The van der Waals surface area contributed by atoms with Gasteiger partial charge in [-0.2, -0.15) is 0 Å². The molecule has 0 radical (unpaired) electrons. The van der Waals surface area contributed by atoms with Crippen molar-refractivity contribution in [1.82, 2.24) is 4.98 Å². The highest BCUT2D eigenvalue weighted by molar-refractivity contribution is 5.93. The summed E-state index contributed by atoms with van der Waals surface area (Å²) in [5.74, 6) is 0. The third-order valence-corrected chi connectivity index (χ3v) is 3.56. The van der Waals surface area contributed by atoms with Gasteiger partial charge < -0.3 is 11.1 Å². The molecule has 0 fully saturated rings. The summed E-state index contributed by atoms with van der Waals surface area (Å²) in [6, 6.07) is 18.4. The molecular formula is C18H19N3. The number of aryl methyl sites for hydroxylation is 1. The second-order valence-corrected chi connectivity index (χ2v) is 5.33. The van der Waals surface area contributed by atoms with Gasteiger partial charge in [-0.1, -0.05) is 36.4 Å². The molecule has 1 aromatic heterocycles. The van der Waals surface area contributed by atoms with E-state index in [0.717, 1.165) is 33.5 Å². The van der Waals surface area contributed by atoms with E-state index in [2.05, 4.69) is 34.6 Å². The van der Waals surface area contributed by atoms with Crippen molar-refractivity contribution in [1.29, 1.82) is 0 Å². The van der Waals surface area contributed by atoms with Gasteiger partial charge in [0.25, 0.3) is 0 Å². The summed E-state index contributed by atoms with van der Waals surface area (Å²) >= 11 is 0. The number of benzene rings is 2. The van der Waals surface area contributed by atoms with Crippen LogP contribution in [0.25, 0.3) is 10.9 Å². The van der Waals surface area contributed by atoms with Gasteiger partial charge in [-0.15, -0.1) is 0 Å². The Balaban J connectivity index is 2.10. The number of pyridine rings is 1. The second kappa shape index (κ2) is 5.54. The van der Waals surface area contributed by atoms with Crippen LogP contribution in [0.2, 0.25) is 0 Å². The van der Waals surface area contributed by atoms with E-state index in [1.807, 2.05) is 44.2 Å². The fourth-order valence-electron chi connectivity index (χ4n) is 2.56. The van der Waals surface area contributed by atoms with Crippen molar-refractivity contribution >= 4 is 22.3 Å². The standard InChI is InChI=1S/C18H19N3/c1-12-11-18(15-8-4-6-10-17(15)20-12)21-16-9-5-3-7-14(16)13(2)19/h3-11,13H,19H2,1-2H3,(H,20,21). The van der Waals surface area contributed by atoms with Crippen LogP contribution < -0.4 is 11.1 Å². The molecule has 1 atom stereocenters. The largest absolute Gasteiger partial charge is 0.355 e. The zero-order chi connectivity index (χ0) is 14.8. The van der Waals surface area contributed by atoms with Crippen LogP contribution in [0.1, 0.15) is 24.2 Å². The van der Waals surface area contributed by atoms with E-state index in [1.165, 1.54) is 0 Å². The average molecular weight is 277 g/mol.